The lowest BCUT2D eigenvalue weighted by Gasteiger charge is -2.35. The lowest BCUT2D eigenvalue weighted by molar-refractivity contribution is 0.127. The van der Waals surface area contributed by atoms with E-state index < -0.39 is 0 Å². The minimum Gasteiger partial charge on any atom is -0.394 e. The van der Waals surface area contributed by atoms with E-state index >= 15 is 0 Å². The van der Waals surface area contributed by atoms with Crippen LogP contribution in [0.5, 0.6) is 0 Å². The van der Waals surface area contributed by atoms with Gasteiger partial charge in [-0.25, -0.2) is 0 Å². The van der Waals surface area contributed by atoms with Crippen molar-refractivity contribution >= 4 is 0 Å². The van der Waals surface area contributed by atoms with Gasteiger partial charge < -0.3 is 15.3 Å². The van der Waals surface area contributed by atoms with Crippen LogP contribution in [0, 0.1) is 5.92 Å². The first-order valence-corrected chi connectivity index (χ1v) is 6.68. The van der Waals surface area contributed by atoms with Crippen LogP contribution >= 0.6 is 0 Å². The molecule has 3 nitrogen and oxygen atoms in total. The Bertz CT molecular complexity index is 198. The van der Waals surface area contributed by atoms with Gasteiger partial charge in [-0.15, -0.1) is 0 Å². The second kappa shape index (κ2) is 6.58. The van der Waals surface area contributed by atoms with Gasteiger partial charge in [0.15, 0.2) is 0 Å². The summed E-state index contributed by atoms with van der Waals surface area (Å²) in [5, 5.41) is 12.8. The van der Waals surface area contributed by atoms with Crippen LogP contribution < -0.4 is 5.32 Å². The Balaban J connectivity index is 2.31. The summed E-state index contributed by atoms with van der Waals surface area (Å²) in [4.78, 5) is 2.54. The van der Waals surface area contributed by atoms with Crippen molar-refractivity contribution in [1.29, 1.82) is 0 Å². The summed E-state index contributed by atoms with van der Waals surface area (Å²) in [6.07, 6.45) is 3.74. The third-order valence-electron chi connectivity index (χ3n) is 3.67. The van der Waals surface area contributed by atoms with E-state index in [-0.39, 0.29) is 12.1 Å². The van der Waals surface area contributed by atoms with Crippen molar-refractivity contribution in [3.63, 3.8) is 0 Å². The topological polar surface area (TPSA) is 35.5 Å². The van der Waals surface area contributed by atoms with Gasteiger partial charge in [0.25, 0.3) is 0 Å². The van der Waals surface area contributed by atoms with E-state index in [0.29, 0.717) is 0 Å². The van der Waals surface area contributed by atoms with Gasteiger partial charge in [0.1, 0.15) is 0 Å². The molecule has 1 fully saturated rings. The molecule has 0 radical (unpaired) electrons. The number of likely N-dealkylation sites (tertiary alicyclic amines) is 1. The maximum atomic E-state index is 9.42. The summed E-state index contributed by atoms with van der Waals surface area (Å²) < 4.78 is 0. The Morgan fingerprint density at radius 2 is 2.25 bits per heavy atom. The predicted octanol–water partition coefficient (Wildman–Crippen LogP) is 1.47. The maximum absolute atomic E-state index is 9.42. The molecule has 1 heterocycles. The van der Waals surface area contributed by atoms with Crippen LogP contribution in [0.15, 0.2) is 0 Å². The fourth-order valence-electron chi connectivity index (χ4n) is 2.54. The zero-order valence-electron chi connectivity index (χ0n) is 11.1. The predicted molar refractivity (Wildman–Crippen MR) is 68.6 cm³/mol. The molecule has 2 atom stereocenters. The Kier molecular flexibility index (Phi) is 5.73. The highest BCUT2D eigenvalue weighted by atomic mass is 16.3. The van der Waals surface area contributed by atoms with Gasteiger partial charge in [0, 0.05) is 12.1 Å². The Morgan fingerprint density at radius 3 is 2.81 bits per heavy atom. The zero-order valence-corrected chi connectivity index (χ0v) is 11.1. The summed E-state index contributed by atoms with van der Waals surface area (Å²) >= 11 is 0. The molecule has 3 heteroatoms. The first-order valence-electron chi connectivity index (χ1n) is 6.68. The number of piperidine rings is 1. The number of likely N-dealkylation sites (N-methyl/N-ethyl adjacent to an activating group) is 1. The first-order chi connectivity index (χ1) is 7.59. The van der Waals surface area contributed by atoms with Crippen molar-refractivity contribution < 1.29 is 5.11 Å². The molecule has 0 aromatic heterocycles. The molecular formula is C13H28N2O. The van der Waals surface area contributed by atoms with E-state index in [9.17, 15) is 5.11 Å². The summed E-state index contributed by atoms with van der Waals surface area (Å²) in [5.74, 6) is 0.841. The largest absolute Gasteiger partial charge is 0.394 e. The molecular weight excluding hydrogens is 200 g/mol. The fraction of sp³-hybridized carbons (Fsp3) is 1.00. The van der Waals surface area contributed by atoms with E-state index in [2.05, 4.69) is 31.0 Å². The van der Waals surface area contributed by atoms with Crippen LogP contribution in [0.1, 0.15) is 40.0 Å². The normalized spacial score (nSPS) is 26.6. The van der Waals surface area contributed by atoms with Crippen molar-refractivity contribution in [2.45, 2.75) is 45.6 Å². The Morgan fingerprint density at radius 1 is 1.50 bits per heavy atom. The van der Waals surface area contributed by atoms with Crippen molar-refractivity contribution in [3.8, 4) is 0 Å². The molecule has 0 bridgehead atoms. The molecule has 0 aromatic carbocycles. The lowest BCUT2D eigenvalue weighted by Crippen LogP contribution is -2.48. The van der Waals surface area contributed by atoms with E-state index in [1.807, 2.05) is 0 Å². The highest BCUT2D eigenvalue weighted by Crippen LogP contribution is 2.17. The number of rotatable bonds is 6. The van der Waals surface area contributed by atoms with E-state index in [1.54, 1.807) is 0 Å². The Hall–Kier alpha value is -0.120. The molecule has 0 spiro atoms. The van der Waals surface area contributed by atoms with Crippen LogP contribution in [0.25, 0.3) is 0 Å². The highest BCUT2D eigenvalue weighted by Gasteiger charge is 2.24. The summed E-state index contributed by atoms with van der Waals surface area (Å²) in [7, 11) is 0. The molecule has 1 aliphatic heterocycles. The highest BCUT2D eigenvalue weighted by molar-refractivity contribution is 4.83. The van der Waals surface area contributed by atoms with Crippen molar-refractivity contribution in [2.75, 3.05) is 32.8 Å². The molecule has 1 saturated heterocycles. The third kappa shape index (κ3) is 4.40. The van der Waals surface area contributed by atoms with Gasteiger partial charge in [-0.05, 0) is 51.7 Å². The molecule has 2 N–H and O–H groups in total. The molecule has 0 aromatic rings. The van der Waals surface area contributed by atoms with Gasteiger partial charge in [-0.3, -0.25) is 0 Å². The Labute approximate surface area is 100 Å². The minimum atomic E-state index is -0.102. The van der Waals surface area contributed by atoms with E-state index in [0.717, 1.165) is 25.4 Å². The molecule has 96 valence electrons. The minimum absolute atomic E-state index is 0.102. The maximum Gasteiger partial charge on any atom is 0.0611 e. The molecule has 1 aliphatic rings. The van der Waals surface area contributed by atoms with E-state index in [4.69, 9.17) is 0 Å². The quantitative estimate of drug-likeness (QED) is 0.722. The second-order valence-corrected chi connectivity index (χ2v) is 5.55. The summed E-state index contributed by atoms with van der Waals surface area (Å²) in [6.45, 7) is 11.3. The molecule has 0 amide bonds. The number of nitrogens with zero attached hydrogens (tertiary/aromatic N) is 1. The second-order valence-electron chi connectivity index (χ2n) is 5.55. The van der Waals surface area contributed by atoms with Crippen molar-refractivity contribution in [3.05, 3.63) is 0 Å². The molecule has 0 saturated carbocycles. The molecule has 16 heavy (non-hydrogen) atoms. The number of nitrogens with one attached hydrogen (secondary N) is 1. The van der Waals surface area contributed by atoms with Gasteiger partial charge in [-0.2, -0.15) is 0 Å². The van der Waals surface area contributed by atoms with Gasteiger partial charge in [0.2, 0.25) is 0 Å². The first kappa shape index (κ1) is 13.9. The standard InChI is InChI=1S/C13H28N2O/c1-4-14-13(3,11-16)7-9-15-8-5-6-12(2)10-15/h12,14,16H,4-11H2,1-3H3. The van der Waals surface area contributed by atoms with Crippen LogP contribution in [-0.4, -0.2) is 48.3 Å². The van der Waals surface area contributed by atoms with E-state index in [1.165, 1.54) is 25.9 Å². The summed E-state index contributed by atoms with van der Waals surface area (Å²) in [5.41, 5.74) is -0.102. The van der Waals surface area contributed by atoms with Crippen LogP contribution in [0.3, 0.4) is 0 Å². The van der Waals surface area contributed by atoms with Crippen LogP contribution in [-0.2, 0) is 0 Å². The SMILES string of the molecule is CCNC(C)(CO)CCN1CCCC(C)C1. The number of hydrogen-bond donors (Lipinski definition) is 2. The molecule has 2 unspecified atom stereocenters. The van der Waals surface area contributed by atoms with Gasteiger partial charge in [0.05, 0.1) is 6.61 Å². The molecule has 0 aliphatic carbocycles. The fourth-order valence-corrected chi connectivity index (χ4v) is 2.54. The van der Waals surface area contributed by atoms with Crippen LogP contribution in [0.2, 0.25) is 0 Å². The molecule has 1 rings (SSSR count). The van der Waals surface area contributed by atoms with Gasteiger partial charge in [-0.1, -0.05) is 13.8 Å². The smallest absolute Gasteiger partial charge is 0.0611 e. The zero-order chi connectivity index (χ0) is 12.0. The number of aliphatic hydroxyl groups is 1. The van der Waals surface area contributed by atoms with Crippen molar-refractivity contribution in [2.24, 2.45) is 5.92 Å². The number of hydrogen-bond acceptors (Lipinski definition) is 3. The van der Waals surface area contributed by atoms with Crippen molar-refractivity contribution in [1.82, 2.24) is 10.2 Å². The average Bonchev–Trinajstić information content (AvgIpc) is 2.27. The number of aliphatic hydroxyl groups excluding tert-OH is 1. The van der Waals surface area contributed by atoms with Crippen LogP contribution in [0.4, 0.5) is 0 Å². The average molecular weight is 228 g/mol. The lowest BCUT2D eigenvalue weighted by atomic mass is 9.96. The monoisotopic (exact) mass is 228 g/mol. The third-order valence-corrected chi connectivity index (χ3v) is 3.67. The summed E-state index contributed by atoms with van der Waals surface area (Å²) in [6, 6.07) is 0. The van der Waals surface area contributed by atoms with Gasteiger partial charge >= 0.3 is 0 Å².